The molecule has 1 saturated heterocycles. The van der Waals surface area contributed by atoms with Crippen LogP contribution in [0.1, 0.15) is 69.8 Å². The molecule has 126 valence electrons. The lowest BCUT2D eigenvalue weighted by Gasteiger charge is -2.45. The monoisotopic (exact) mass is 315 g/mol. The van der Waals surface area contributed by atoms with Crippen molar-refractivity contribution in [2.45, 2.75) is 70.6 Å². The number of nitrogens with zero attached hydrogens (tertiary/aromatic N) is 1. The van der Waals surface area contributed by atoms with Crippen molar-refractivity contribution in [3.63, 3.8) is 0 Å². The van der Waals surface area contributed by atoms with Gasteiger partial charge in [0.15, 0.2) is 0 Å². The van der Waals surface area contributed by atoms with Gasteiger partial charge in [-0.2, -0.15) is 0 Å². The molecule has 1 heterocycles. The van der Waals surface area contributed by atoms with Crippen molar-refractivity contribution in [1.82, 2.24) is 0 Å². The maximum atomic E-state index is 14.4. The van der Waals surface area contributed by atoms with Gasteiger partial charge in [0.25, 0.3) is 0 Å². The Hall–Kier alpha value is -1.05. The van der Waals surface area contributed by atoms with Crippen molar-refractivity contribution in [3.8, 4) is 0 Å². The van der Waals surface area contributed by atoms with E-state index in [1.54, 1.807) is 6.07 Å². The van der Waals surface area contributed by atoms with E-state index in [4.69, 9.17) is 0 Å². The van der Waals surface area contributed by atoms with E-state index in [-0.39, 0.29) is 5.82 Å². The fraction of sp³-hybridized carbons (Fsp3) is 0.714. The average Bonchev–Trinajstić information content (AvgIpc) is 2.54. The standard InChI is InChI=1S/C21H30FN/c22-19-8-7-18(15-17-5-4-6-17)16-20(19)23-13-11-21(12-14-23)9-2-1-3-10-21/h7-8,16-17H,1-6,9-15H2. The van der Waals surface area contributed by atoms with Crippen LogP contribution in [0, 0.1) is 17.2 Å². The minimum absolute atomic E-state index is 0.0260. The van der Waals surface area contributed by atoms with Gasteiger partial charge in [-0.05, 0) is 61.1 Å². The van der Waals surface area contributed by atoms with Crippen molar-refractivity contribution < 1.29 is 4.39 Å². The molecule has 1 aromatic rings. The van der Waals surface area contributed by atoms with E-state index in [2.05, 4.69) is 11.0 Å². The van der Waals surface area contributed by atoms with Crippen LogP contribution in [0.25, 0.3) is 0 Å². The Kier molecular flexibility index (Phi) is 4.34. The second-order valence-corrected chi connectivity index (χ2v) is 8.33. The van der Waals surface area contributed by atoms with Crippen LogP contribution in [0.15, 0.2) is 18.2 Å². The van der Waals surface area contributed by atoms with Gasteiger partial charge >= 0.3 is 0 Å². The van der Waals surface area contributed by atoms with Crippen molar-refractivity contribution in [3.05, 3.63) is 29.6 Å². The summed E-state index contributed by atoms with van der Waals surface area (Å²) in [5.41, 5.74) is 2.80. The third-order valence-corrected chi connectivity index (χ3v) is 6.84. The third kappa shape index (κ3) is 3.27. The van der Waals surface area contributed by atoms with Crippen LogP contribution in [0.3, 0.4) is 0 Å². The molecule has 0 aromatic heterocycles. The topological polar surface area (TPSA) is 3.24 Å². The summed E-state index contributed by atoms with van der Waals surface area (Å²) < 4.78 is 14.4. The largest absolute Gasteiger partial charge is 0.369 e. The van der Waals surface area contributed by atoms with Crippen molar-refractivity contribution >= 4 is 5.69 Å². The number of hydrogen-bond acceptors (Lipinski definition) is 1. The Morgan fingerprint density at radius 2 is 1.70 bits per heavy atom. The van der Waals surface area contributed by atoms with Crippen LogP contribution in [0.2, 0.25) is 0 Å². The molecule has 0 bridgehead atoms. The van der Waals surface area contributed by atoms with Crippen LogP contribution >= 0.6 is 0 Å². The molecular formula is C21H30FN. The minimum Gasteiger partial charge on any atom is -0.369 e. The highest BCUT2D eigenvalue weighted by Crippen LogP contribution is 2.45. The van der Waals surface area contributed by atoms with Crippen LogP contribution in [0.4, 0.5) is 10.1 Å². The summed E-state index contributed by atoms with van der Waals surface area (Å²) in [7, 11) is 0. The molecule has 1 nitrogen and oxygen atoms in total. The molecule has 23 heavy (non-hydrogen) atoms. The zero-order chi connectivity index (χ0) is 15.7. The minimum atomic E-state index is -0.0260. The summed E-state index contributed by atoms with van der Waals surface area (Å²) in [5.74, 6) is 0.821. The molecule has 4 rings (SSSR count). The Balaban J connectivity index is 1.44. The third-order valence-electron chi connectivity index (χ3n) is 6.84. The fourth-order valence-corrected chi connectivity index (χ4v) is 4.98. The highest BCUT2D eigenvalue weighted by Gasteiger charge is 2.36. The maximum absolute atomic E-state index is 14.4. The van der Waals surface area contributed by atoms with Gasteiger partial charge in [-0.25, -0.2) is 4.39 Å². The zero-order valence-electron chi connectivity index (χ0n) is 14.3. The first kappa shape index (κ1) is 15.5. The van der Waals surface area contributed by atoms with Gasteiger partial charge in [-0.3, -0.25) is 0 Å². The number of benzene rings is 1. The van der Waals surface area contributed by atoms with Crippen molar-refractivity contribution in [2.24, 2.45) is 11.3 Å². The molecule has 0 amide bonds. The van der Waals surface area contributed by atoms with E-state index in [1.165, 1.54) is 69.8 Å². The SMILES string of the molecule is Fc1ccc(CC2CCC2)cc1N1CCC2(CCCCC2)CC1. The van der Waals surface area contributed by atoms with Gasteiger partial charge in [-0.1, -0.05) is 44.6 Å². The second-order valence-electron chi connectivity index (χ2n) is 8.33. The molecule has 2 aliphatic carbocycles. The Morgan fingerprint density at radius 3 is 2.35 bits per heavy atom. The van der Waals surface area contributed by atoms with E-state index in [0.717, 1.165) is 31.1 Å². The molecule has 1 aliphatic heterocycles. The Bertz CT molecular complexity index is 533. The van der Waals surface area contributed by atoms with E-state index in [1.807, 2.05) is 6.07 Å². The Labute approximate surface area is 140 Å². The quantitative estimate of drug-likeness (QED) is 0.689. The summed E-state index contributed by atoms with van der Waals surface area (Å²) in [6.07, 6.45) is 14.8. The van der Waals surface area contributed by atoms with E-state index < -0.39 is 0 Å². The highest BCUT2D eigenvalue weighted by atomic mass is 19.1. The first-order valence-corrected chi connectivity index (χ1v) is 9.78. The molecule has 1 spiro atoms. The molecule has 0 N–H and O–H groups in total. The summed E-state index contributed by atoms with van der Waals surface area (Å²) in [6, 6.07) is 5.85. The van der Waals surface area contributed by atoms with Gasteiger partial charge in [0, 0.05) is 13.1 Å². The summed E-state index contributed by atoms with van der Waals surface area (Å²) >= 11 is 0. The number of piperidine rings is 1. The fourth-order valence-electron chi connectivity index (χ4n) is 4.98. The predicted molar refractivity (Wildman–Crippen MR) is 94.4 cm³/mol. The Morgan fingerprint density at radius 1 is 0.957 bits per heavy atom. The van der Waals surface area contributed by atoms with Gasteiger partial charge < -0.3 is 4.90 Å². The van der Waals surface area contributed by atoms with Gasteiger partial charge in [0.05, 0.1) is 5.69 Å². The van der Waals surface area contributed by atoms with E-state index in [0.29, 0.717) is 5.41 Å². The summed E-state index contributed by atoms with van der Waals surface area (Å²) in [4.78, 5) is 2.32. The highest BCUT2D eigenvalue weighted by molar-refractivity contribution is 5.50. The molecule has 2 heteroatoms. The molecular weight excluding hydrogens is 285 g/mol. The lowest BCUT2D eigenvalue weighted by molar-refractivity contribution is 0.144. The number of hydrogen-bond donors (Lipinski definition) is 0. The molecule has 0 unspecified atom stereocenters. The van der Waals surface area contributed by atoms with E-state index in [9.17, 15) is 4.39 Å². The number of halogens is 1. The average molecular weight is 315 g/mol. The van der Waals surface area contributed by atoms with Crippen molar-refractivity contribution in [1.29, 1.82) is 0 Å². The first-order chi connectivity index (χ1) is 11.2. The molecule has 2 saturated carbocycles. The molecule has 3 fully saturated rings. The number of rotatable bonds is 3. The molecule has 3 aliphatic rings. The van der Waals surface area contributed by atoms with Crippen LogP contribution < -0.4 is 4.90 Å². The molecule has 0 radical (unpaired) electrons. The summed E-state index contributed by atoms with van der Waals surface area (Å²) in [6.45, 7) is 2.09. The normalized spacial score (nSPS) is 24.7. The maximum Gasteiger partial charge on any atom is 0.146 e. The van der Waals surface area contributed by atoms with Crippen molar-refractivity contribution in [2.75, 3.05) is 18.0 Å². The smallest absolute Gasteiger partial charge is 0.146 e. The van der Waals surface area contributed by atoms with E-state index >= 15 is 0 Å². The lowest BCUT2D eigenvalue weighted by Crippen LogP contribution is -2.41. The first-order valence-electron chi connectivity index (χ1n) is 9.78. The lowest BCUT2D eigenvalue weighted by atomic mass is 9.68. The van der Waals surface area contributed by atoms with Crippen LogP contribution in [-0.4, -0.2) is 13.1 Å². The number of anilines is 1. The van der Waals surface area contributed by atoms with Gasteiger partial charge in [0.1, 0.15) is 5.82 Å². The van der Waals surface area contributed by atoms with Crippen LogP contribution in [-0.2, 0) is 6.42 Å². The van der Waals surface area contributed by atoms with Gasteiger partial charge in [0.2, 0.25) is 0 Å². The van der Waals surface area contributed by atoms with Crippen LogP contribution in [0.5, 0.6) is 0 Å². The summed E-state index contributed by atoms with van der Waals surface area (Å²) in [5, 5.41) is 0. The van der Waals surface area contributed by atoms with Gasteiger partial charge in [-0.15, -0.1) is 0 Å². The molecule has 0 atom stereocenters. The zero-order valence-corrected chi connectivity index (χ0v) is 14.3. The second kappa shape index (κ2) is 6.45. The predicted octanol–water partition coefficient (Wildman–Crippen LogP) is 5.72. The molecule has 1 aromatic carbocycles.